The van der Waals surface area contributed by atoms with Crippen LogP contribution in [0.2, 0.25) is 6.55 Å². The molecule has 15 heavy (non-hydrogen) atoms. The molecule has 0 bridgehead atoms. The van der Waals surface area contributed by atoms with E-state index >= 15 is 0 Å². The number of nitrogens with one attached hydrogen (secondary N) is 1. The second-order valence-corrected chi connectivity index (χ2v) is 5.98. The predicted molar refractivity (Wildman–Crippen MR) is 62.2 cm³/mol. The quantitative estimate of drug-likeness (QED) is 0.484. The van der Waals surface area contributed by atoms with Crippen molar-refractivity contribution in [1.29, 1.82) is 0 Å². The largest absolute Gasteiger partial charge is 0.498 e. The fourth-order valence-electron chi connectivity index (χ4n) is 1.36. The molecule has 0 aliphatic rings. The van der Waals surface area contributed by atoms with E-state index < -0.39 is 8.80 Å². The fourth-order valence-corrected chi connectivity index (χ4v) is 3.34. The molecule has 0 aliphatic carbocycles. The lowest BCUT2D eigenvalue weighted by Crippen LogP contribution is -2.51. The molecule has 0 saturated heterocycles. The smallest absolute Gasteiger partial charge is 0.374 e. The van der Waals surface area contributed by atoms with Gasteiger partial charge in [-0.1, -0.05) is 0 Å². The van der Waals surface area contributed by atoms with Gasteiger partial charge in [0.1, 0.15) is 0 Å². The van der Waals surface area contributed by atoms with Crippen LogP contribution in [0.15, 0.2) is 0 Å². The van der Waals surface area contributed by atoms with Gasteiger partial charge in [-0.3, -0.25) is 5.32 Å². The normalized spacial score (nSPS) is 16.4. The highest BCUT2D eigenvalue weighted by molar-refractivity contribution is 6.59. The second kappa shape index (κ2) is 7.32. The zero-order valence-electron chi connectivity index (χ0n) is 10.4. The molecule has 3 N–H and O–H groups in total. The van der Waals surface area contributed by atoms with E-state index in [0.717, 1.165) is 0 Å². The molecule has 0 spiro atoms. The van der Waals surface area contributed by atoms with Crippen LogP contribution < -0.4 is 11.1 Å². The SMILES string of the molecule is CCO[Si](C)(OCC)OC(C)NC(C)N. The van der Waals surface area contributed by atoms with Crippen LogP contribution in [0.4, 0.5) is 0 Å². The third kappa shape index (κ3) is 6.99. The van der Waals surface area contributed by atoms with Gasteiger partial charge in [-0.15, -0.1) is 0 Å². The molecule has 0 aromatic heterocycles. The summed E-state index contributed by atoms with van der Waals surface area (Å²) in [5, 5.41) is 3.05. The van der Waals surface area contributed by atoms with Gasteiger partial charge in [0, 0.05) is 19.8 Å². The molecule has 0 aliphatic heterocycles. The minimum atomic E-state index is -2.50. The molecular formula is C9H24N2O3Si. The van der Waals surface area contributed by atoms with Crippen LogP contribution in [0.1, 0.15) is 27.7 Å². The Morgan fingerprint density at radius 3 is 2.00 bits per heavy atom. The van der Waals surface area contributed by atoms with Crippen molar-refractivity contribution in [3.63, 3.8) is 0 Å². The van der Waals surface area contributed by atoms with Gasteiger partial charge in [0.25, 0.3) is 0 Å². The Hall–Kier alpha value is 0.0169. The minimum Gasteiger partial charge on any atom is -0.374 e. The maximum absolute atomic E-state index is 5.73. The van der Waals surface area contributed by atoms with Crippen molar-refractivity contribution >= 4 is 8.80 Å². The summed E-state index contributed by atoms with van der Waals surface area (Å²) >= 11 is 0. The van der Waals surface area contributed by atoms with E-state index in [1.165, 1.54) is 0 Å². The number of rotatable bonds is 8. The van der Waals surface area contributed by atoms with Crippen molar-refractivity contribution in [3.05, 3.63) is 0 Å². The molecular weight excluding hydrogens is 212 g/mol. The maximum atomic E-state index is 5.73. The van der Waals surface area contributed by atoms with E-state index in [0.29, 0.717) is 13.2 Å². The molecule has 0 saturated carbocycles. The van der Waals surface area contributed by atoms with Crippen LogP contribution in [0, 0.1) is 0 Å². The zero-order valence-corrected chi connectivity index (χ0v) is 11.4. The molecule has 2 atom stereocenters. The first-order valence-corrected chi connectivity index (χ1v) is 7.63. The van der Waals surface area contributed by atoms with E-state index in [1.54, 1.807) is 0 Å². The highest BCUT2D eigenvalue weighted by Gasteiger charge is 2.36. The van der Waals surface area contributed by atoms with Crippen molar-refractivity contribution < 1.29 is 13.3 Å². The number of hydrogen-bond acceptors (Lipinski definition) is 5. The van der Waals surface area contributed by atoms with Crippen LogP contribution in [-0.2, 0) is 13.3 Å². The Kier molecular flexibility index (Phi) is 7.32. The molecule has 92 valence electrons. The van der Waals surface area contributed by atoms with Gasteiger partial charge in [0.2, 0.25) is 0 Å². The highest BCUT2D eigenvalue weighted by Crippen LogP contribution is 2.11. The average Bonchev–Trinajstić information content (AvgIpc) is 2.01. The monoisotopic (exact) mass is 236 g/mol. The van der Waals surface area contributed by atoms with E-state index in [-0.39, 0.29) is 12.4 Å². The molecule has 0 rings (SSSR count). The summed E-state index contributed by atoms with van der Waals surface area (Å²) in [5.74, 6) is 0. The Morgan fingerprint density at radius 1 is 1.20 bits per heavy atom. The summed E-state index contributed by atoms with van der Waals surface area (Å²) in [7, 11) is -2.50. The molecule has 2 unspecified atom stereocenters. The van der Waals surface area contributed by atoms with Crippen molar-refractivity contribution in [1.82, 2.24) is 5.32 Å². The lowest BCUT2D eigenvalue weighted by molar-refractivity contribution is 0.0287. The van der Waals surface area contributed by atoms with Gasteiger partial charge in [0.05, 0.1) is 12.4 Å². The van der Waals surface area contributed by atoms with Gasteiger partial charge >= 0.3 is 8.80 Å². The van der Waals surface area contributed by atoms with Crippen LogP contribution in [0.3, 0.4) is 0 Å². The van der Waals surface area contributed by atoms with Crippen molar-refractivity contribution in [2.24, 2.45) is 5.73 Å². The molecule has 0 aromatic carbocycles. The standard InChI is InChI=1S/C9H24N2O3Si/c1-6-12-15(5,13-7-2)14-9(4)11-8(3)10/h8-9,11H,6-7,10H2,1-5H3. The fraction of sp³-hybridized carbons (Fsp3) is 1.00. The summed E-state index contributed by atoms with van der Waals surface area (Å²) in [6, 6.07) is 0. The van der Waals surface area contributed by atoms with Crippen molar-refractivity contribution in [3.8, 4) is 0 Å². The van der Waals surface area contributed by atoms with E-state index in [4.69, 9.17) is 19.0 Å². The van der Waals surface area contributed by atoms with Crippen molar-refractivity contribution in [2.75, 3.05) is 13.2 Å². The Labute approximate surface area is 93.6 Å². The number of hydrogen-bond donors (Lipinski definition) is 2. The summed E-state index contributed by atoms with van der Waals surface area (Å²) in [6.45, 7) is 10.7. The first kappa shape index (κ1) is 15.0. The molecule has 0 amide bonds. The topological polar surface area (TPSA) is 65.7 Å². The zero-order chi connectivity index (χ0) is 11.9. The second-order valence-electron chi connectivity index (χ2n) is 3.44. The van der Waals surface area contributed by atoms with Crippen LogP contribution >= 0.6 is 0 Å². The van der Waals surface area contributed by atoms with Gasteiger partial charge in [-0.2, -0.15) is 0 Å². The van der Waals surface area contributed by atoms with Crippen LogP contribution in [-0.4, -0.2) is 34.4 Å². The van der Waals surface area contributed by atoms with Gasteiger partial charge in [0.15, 0.2) is 0 Å². The molecule has 5 nitrogen and oxygen atoms in total. The molecule has 6 heteroatoms. The average molecular weight is 236 g/mol. The first-order valence-electron chi connectivity index (χ1n) is 5.41. The van der Waals surface area contributed by atoms with Crippen LogP contribution in [0.25, 0.3) is 0 Å². The lowest BCUT2D eigenvalue weighted by Gasteiger charge is -2.29. The Bertz CT molecular complexity index is 163. The maximum Gasteiger partial charge on any atom is 0.498 e. The Balaban J connectivity index is 4.14. The minimum absolute atomic E-state index is 0.110. The lowest BCUT2D eigenvalue weighted by atomic mass is 10.5. The summed E-state index contributed by atoms with van der Waals surface area (Å²) < 4.78 is 16.8. The summed E-state index contributed by atoms with van der Waals surface area (Å²) in [4.78, 5) is 0. The predicted octanol–water partition coefficient (Wildman–Crippen LogP) is 0.885. The summed E-state index contributed by atoms with van der Waals surface area (Å²) in [6.07, 6.45) is -0.277. The van der Waals surface area contributed by atoms with Gasteiger partial charge in [-0.05, 0) is 27.7 Å². The third-order valence-corrected chi connectivity index (χ3v) is 4.11. The van der Waals surface area contributed by atoms with E-state index in [9.17, 15) is 0 Å². The Morgan fingerprint density at radius 2 is 1.67 bits per heavy atom. The number of nitrogens with two attached hydrogens (primary N) is 1. The van der Waals surface area contributed by atoms with Crippen molar-refractivity contribution in [2.45, 2.75) is 46.6 Å². The molecule has 0 aromatic rings. The molecule has 0 heterocycles. The highest BCUT2D eigenvalue weighted by atomic mass is 28.4. The summed E-state index contributed by atoms with van der Waals surface area (Å²) in [5.41, 5.74) is 5.60. The molecule has 0 fully saturated rings. The van der Waals surface area contributed by atoms with E-state index in [1.807, 2.05) is 34.2 Å². The van der Waals surface area contributed by atoms with Gasteiger partial charge < -0.3 is 19.0 Å². The first-order chi connectivity index (χ1) is 6.93. The van der Waals surface area contributed by atoms with Crippen LogP contribution in [0.5, 0.6) is 0 Å². The van der Waals surface area contributed by atoms with Gasteiger partial charge in [-0.25, -0.2) is 0 Å². The van der Waals surface area contributed by atoms with E-state index in [2.05, 4.69) is 5.32 Å². The third-order valence-electron chi connectivity index (χ3n) is 1.70. The molecule has 0 radical (unpaired) electrons.